The second-order valence-electron chi connectivity index (χ2n) is 4.99. The molecule has 0 aromatic rings. The molecule has 1 saturated carbocycles. The van der Waals surface area contributed by atoms with Crippen LogP contribution in [-0.4, -0.2) is 48.5 Å². The van der Waals surface area contributed by atoms with E-state index in [1.54, 1.807) is 0 Å². The third kappa shape index (κ3) is 2.92. The van der Waals surface area contributed by atoms with E-state index in [1.807, 2.05) is 0 Å². The molecule has 0 radical (unpaired) electrons. The fourth-order valence-electron chi connectivity index (χ4n) is 2.84. The number of aliphatic hydroxyl groups is 1. The molecule has 88 valence electrons. The molecule has 1 aliphatic heterocycles. The lowest BCUT2D eigenvalue weighted by molar-refractivity contribution is -0.0183. The van der Waals surface area contributed by atoms with Gasteiger partial charge in [0.25, 0.3) is 0 Å². The van der Waals surface area contributed by atoms with Gasteiger partial charge in [-0.1, -0.05) is 0 Å². The average Bonchev–Trinajstić information content (AvgIpc) is 2.66. The van der Waals surface area contributed by atoms with Gasteiger partial charge in [-0.25, -0.2) is 0 Å². The molecule has 0 spiro atoms. The number of ether oxygens (including phenoxy) is 1. The average molecular weight is 213 g/mol. The van der Waals surface area contributed by atoms with Crippen LogP contribution in [0.4, 0.5) is 0 Å². The zero-order valence-corrected chi connectivity index (χ0v) is 9.69. The van der Waals surface area contributed by atoms with Crippen molar-refractivity contribution in [2.24, 2.45) is 0 Å². The van der Waals surface area contributed by atoms with Crippen LogP contribution in [0.2, 0.25) is 0 Å². The number of hydrogen-bond donors (Lipinski definition) is 1. The highest BCUT2D eigenvalue weighted by Crippen LogP contribution is 2.24. The molecule has 0 aromatic carbocycles. The maximum absolute atomic E-state index is 9.81. The van der Waals surface area contributed by atoms with Crippen LogP contribution in [0.15, 0.2) is 0 Å². The maximum Gasteiger partial charge on any atom is 0.0702 e. The van der Waals surface area contributed by atoms with Gasteiger partial charge in [0.2, 0.25) is 0 Å². The van der Waals surface area contributed by atoms with Crippen molar-refractivity contribution in [1.29, 1.82) is 0 Å². The summed E-state index contributed by atoms with van der Waals surface area (Å²) in [6.45, 7) is 1.91. The van der Waals surface area contributed by atoms with Gasteiger partial charge in [0.05, 0.1) is 12.2 Å². The molecule has 3 nitrogen and oxygen atoms in total. The molecule has 0 aromatic heterocycles. The molecular weight excluding hydrogens is 190 g/mol. The van der Waals surface area contributed by atoms with Crippen LogP contribution in [0.3, 0.4) is 0 Å². The molecule has 1 N–H and O–H groups in total. The van der Waals surface area contributed by atoms with Crippen molar-refractivity contribution in [3.05, 3.63) is 0 Å². The molecule has 1 heterocycles. The van der Waals surface area contributed by atoms with Gasteiger partial charge in [0.1, 0.15) is 0 Å². The van der Waals surface area contributed by atoms with Crippen LogP contribution in [0, 0.1) is 0 Å². The van der Waals surface area contributed by atoms with E-state index in [-0.39, 0.29) is 6.10 Å². The number of aliphatic hydroxyl groups excluding tert-OH is 1. The highest BCUT2D eigenvalue weighted by atomic mass is 16.5. The fourth-order valence-corrected chi connectivity index (χ4v) is 2.84. The van der Waals surface area contributed by atoms with Gasteiger partial charge in [-0.2, -0.15) is 0 Å². The van der Waals surface area contributed by atoms with Crippen LogP contribution in [0.25, 0.3) is 0 Å². The van der Waals surface area contributed by atoms with Gasteiger partial charge in [-0.3, -0.25) is 4.90 Å². The van der Waals surface area contributed by atoms with Crippen LogP contribution in [0.1, 0.15) is 38.5 Å². The van der Waals surface area contributed by atoms with Crippen molar-refractivity contribution in [3.63, 3.8) is 0 Å². The minimum atomic E-state index is -0.112. The first-order chi connectivity index (χ1) is 7.27. The minimum absolute atomic E-state index is 0.112. The van der Waals surface area contributed by atoms with Crippen molar-refractivity contribution in [3.8, 4) is 0 Å². The van der Waals surface area contributed by atoms with E-state index in [4.69, 9.17) is 4.74 Å². The molecule has 0 bridgehead atoms. The van der Waals surface area contributed by atoms with Gasteiger partial charge >= 0.3 is 0 Å². The first-order valence-corrected chi connectivity index (χ1v) is 6.27. The summed E-state index contributed by atoms with van der Waals surface area (Å²) in [5.41, 5.74) is 0. The number of nitrogens with zero attached hydrogens (tertiary/aromatic N) is 1. The smallest absolute Gasteiger partial charge is 0.0702 e. The predicted octanol–water partition coefficient (Wildman–Crippen LogP) is 1.40. The molecular formula is C12H23NO2. The van der Waals surface area contributed by atoms with E-state index in [1.165, 1.54) is 25.7 Å². The van der Waals surface area contributed by atoms with E-state index >= 15 is 0 Å². The van der Waals surface area contributed by atoms with E-state index in [0.29, 0.717) is 12.1 Å². The molecule has 15 heavy (non-hydrogen) atoms. The Kier molecular flexibility index (Phi) is 4.00. The summed E-state index contributed by atoms with van der Waals surface area (Å²) in [6, 6.07) is 0.371. The SMILES string of the molecule is CN(CC1CCCCO1)[C@H]1CCC[C@@H]1O. The summed E-state index contributed by atoms with van der Waals surface area (Å²) in [5.74, 6) is 0. The first-order valence-electron chi connectivity index (χ1n) is 6.27. The quantitative estimate of drug-likeness (QED) is 0.769. The largest absolute Gasteiger partial charge is 0.391 e. The Hall–Kier alpha value is -0.120. The highest BCUT2D eigenvalue weighted by Gasteiger charge is 2.30. The molecule has 1 unspecified atom stereocenters. The van der Waals surface area contributed by atoms with Crippen molar-refractivity contribution in [1.82, 2.24) is 4.90 Å². The Bertz CT molecular complexity index is 192. The lowest BCUT2D eigenvalue weighted by Crippen LogP contribution is -2.43. The zero-order chi connectivity index (χ0) is 10.7. The Morgan fingerprint density at radius 3 is 2.67 bits per heavy atom. The Balaban J connectivity index is 1.77. The summed E-state index contributed by atoms with van der Waals surface area (Å²) < 4.78 is 5.72. The topological polar surface area (TPSA) is 32.7 Å². The van der Waals surface area contributed by atoms with Crippen molar-refractivity contribution >= 4 is 0 Å². The predicted molar refractivity (Wildman–Crippen MR) is 59.9 cm³/mol. The summed E-state index contributed by atoms with van der Waals surface area (Å²) in [4.78, 5) is 2.30. The molecule has 2 rings (SSSR count). The molecule has 3 heteroatoms. The molecule has 2 aliphatic rings. The highest BCUT2D eigenvalue weighted by molar-refractivity contribution is 4.85. The van der Waals surface area contributed by atoms with Crippen molar-refractivity contribution in [2.75, 3.05) is 20.2 Å². The third-order valence-electron chi connectivity index (χ3n) is 3.78. The molecule has 3 atom stereocenters. The molecule has 1 aliphatic carbocycles. The van der Waals surface area contributed by atoms with Crippen LogP contribution >= 0.6 is 0 Å². The lowest BCUT2D eigenvalue weighted by Gasteiger charge is -2.32. The fraction of sp³-hybridized carbons (Fsp3) is 1.00. The van der Waals surface area contributed by atoms with Gasteiger partial charge in [-0.05, 0) is 45.6 Å². The summed E-state index contributed by atoms with van der Waals surface area (Å²) in [7, 11) is 2.12. The molecule has 1 saturated heterocycles. The van der Waals surface area contributed by atoms with E-state index < -0.39 is 0 Å². The molecule has 2 fully saturated rings. The number of hydrogen-bond acceptors (Lipinski definition) is 3. The maximum atomic E-state index is 9.81. The standard InChI is InChI=1S/C12H23NO2/c1-13(11-6-4-7-12(11)14)9-10-5-2-3-8-15-10/h10-12,14H,2-9H2,1H3/t10?,11-,12-/m0/s1. The Morgan fingerprint density at radius 1 is 1.20 bits per heavy atom. The first kappa shape index (κ1) is 11.4. The van der Waals surface area contributed by atoms with Crippen molar-refractivity contribution < 1.29 is 9.84 Å². The number of likely N-dealkylation sites (N-methyl/N-ethyl adjacent to an activating group) is 1. The Labute approximate surface area is 92.4 Å². The van der Waals surface area contributed by atoms with Gasteiger partial charge < -0.3 is 9.84 Å². The van der Waals surface area contributed by atoms with E-state index in [2.05, 4.69) is 11.9 Å². The van der Waals surface area contributed by atoms with Crippen molar-refractivity contribution in [2.45, 2.75) is 56.8 Å². The summed E-state index contributed by atoms with van der Waals surface area (Å²) in [6.07, 6.45) is 7.27. The second kappa shape index (κ2) is 5.28. The van der Waals surface area contributed by atoms with Gasteiger partial charge in [0.15, 0.2) is 0 Å². The van der Waals surface area contributed by atoms with E-state index in [0.717, 1.165) is 26.0 Å². The van der Waals surface area contributed by atoms with E-state index in [9.17, 15) is 5.11 Å². The van der Waals surface area contributed by atoms with Gasteiger partial charge in [0, 0.05) is 19.2 Å². The second-order valence-corrected chi connectivity index (χ2v) is 4.99. The third-order valence-corrected chi connectivity index (χ3v) is 3.78. The normalized spacial score (nSPS) is 37.4. The Morgan fingerprint density at radius 2 is 2.07 bits per heavy atom. The van der Waals surface area contributed by atoms with Gasteiger partial charge in [-0.15, -0.1) is 0 Å². The molecule has 0 amide bonds. The summed E-state index contributed by atoms with van der Waals surface area (Å²) in [5, 5.41) is 9.81. The van der Waals surface area contributed by atoms with Crippen LogP contribution in [0.5, 0.6) is 0 Å². The monoisotopic (exact) mass is 213 g/mol. The lowest BCUT2D eigenvalue weighted by atomic mass is 10.1. The number of rotatable bonds is 3. The summed E-state index contributed by atoms with van der Waals surface area (Å²) >= 11 is 0. The van der Waals surface area contributed by atoms with Crippen LogP contribution in [-0.2, 0) is 4.74 Å². The minimum Gasteiger partial charge on any atom is -0.391 e. The van der Waals surface area contributed by atoms with Crippen LogP contribution < -0.4 is 0 Å². The zero-order valence-electron chi connectivity index (χ0n) is 9.69.